The van der Waals surface area contributed by atoms with E-state index in [1.807, 2.05) is 43.3 Å². The van der Waals surface area contributed by atoms with Crippen LogP contribution >= 0.6 is 0 Å². The highest BCUT2D eigenvalue weighted by Crippen LogP contribution is 2.14. The van der Waals surface area contributed by atoms with Gasteiger partial charge in [0, 0.05) is 26.2 Å². The maximum Gasteiger partial charge on any atom is 0.335 e. The van der Waals surface area contributed by atoms with Crippen molar-refractivity contribution in [2.24, 2.45) is 0 Å². The summed E-state index contributed by atoms with van der Waals surface area (Å²) in [6.07, 6.45) is -0.823. The molecule has 88 valence electrons. The summed E-state index contributed by atoms with van der Waals surface area (Å²) in [6.45, 7) is 0. The quantitative estimate of drug-likeness (QED) is 0.768. The average Bonchev–Trinajstić information content (AvgIpc) is 2.28. The summed E-state index contributed by atoms with van der Waals surface area (Å²) in [4.78, 5) is 13.0. The Bertz CT molecular complexity index is 363. The molecule has 0 fully saturated rings. The van der Waals surface area contributed by atoms with Crippen molar-refractivity contribution < 1.29 is 14.6 Å². The summed E-state index contributed by atoms with van der Waals surface area (Å²) in [5.74, 6) is -0.602. The van der Waals surface area contributed by atoms with Crippen molar-refractivity contribution in [3.8, 4) is 0 Å². The first kappa shape index (κ1) is 12.5. The number of hydrogen-bond donors (Lipinski definition) is 1. The van der Waals surface area contributed by atoms with E-state index in [2.05, 4.69) is 4.74 Å². The standard InChI is InChI=1S/C12H17NO3/c1-13(2)10-6-4-5-9(7-10)8-11(14)12(15)16-3/h4-7,11,14H,8H2,1-3H3. The van der Waals surface area contributed by atoms with Gasteiger partial charge in [-0.25, -0.2) is 4.79 Å². The third kappa shape index (κ3) is 3.24. The maximum absolute atomic E-state index is 11.1. The fourth-order valence-electron chi connectivity index (χ4n) is 1.40. The van der Waals surface area contributed by atoms with E-state index in [0.29, 0.717) is 0 Å². The number of hydrogen-bond acceptors (Lipinski definition) is 4. The van der Waals surface area contributed by atoms with Crippen molar-refractivity contribution in [3.05, 3.63) is 29.8 Å². The number of carbonyl (C=O) groups is 1. The van der Waals surface area contributed by atoms with E-state index in [1.165, 1.54) is 7.11 Å². The summed E-state index contributed by atoms with van der Waals surface area (Å²) in [5.41, 5.74) is 1.94. The van der Waals surface area contributed by atoms with Crippen LogP contribution < -0.4 is 4.90 Å². The zero-order valence-corrected chi connectivity index (χ0v) is 9.80. The molecular formula is C12H17NO3. The number of esters is 1. The van der Waals surface area contributed by atoms with Gasteiger partial charge in [0.25, 0.3) is 0 Å². The van der Waals surface area contributed by atoms with Gasteiger partial charge in [-0.1, -0.05) is 12.1 Å². The third-order valence-corrected chi connectivity index (χ3v) is 2.33. The molecule has 4 heteroatoms. The number of anilines is 1. The molecule has 0 aliphatic heterocycles. The molecule has 0 heterocycles. The SMILES string of the molecule is COC(=O)C(O)Cc1cccc(N(C)C)c1. The van der Waals surface area contributed by atoms with Crippen LogP contribution in [0.3, 0.4) is 0 Å². The number of benzene rings is 1. The van der Waals surface area contributed by atoms with Gasteiger partial charge in [0.05, 0.1) is 7.11 Å². The van der Waals surface area contributed by atoms with Crippen molar-refractivity contribution in [3.63, 3.8) is 0 Å². The van der Waals surface area contributed by atoms with Gasteiger partial charge >= 0.3 is 5.97 Å². The van der Waals surface area contributed by atoms with Crippen LogP contribution in [-0.2, 0) is 16.0 Å². The number of methoxy groups -OCH3 is 1. The van der Waals surface area contributed by atoms with Crippen LogP contribution in [0.4, 0.5) is 5.69 Å². The van der Waals surface area contributed by atoms with E-state index < -0.39 is 12.1 Å². The van der Waals surface area contributed by atoms with Gasteiger partial charge in [-0.05, 0) is 17.7 Å². The van der Waals surface area contributed by atoms with Crippen LogP contribution in [0.5, 0.6) is 0 Å². The number of aliphatic hydroxyl groups excluding tert-OH is 1. The Kier molecular flexibility index (Phi) is 4.31. The van der Waals surface area contributed by atoms with Gasteiger partial charge in [0.1, 0.15) is 0 Å². The van der Waals surface area contributed by atoms with E-state index in [1.54, 1.807) is 0 Å². The minimum atomic E-state index is -1.09. The lowest BCUT2D eigenvalue weighted by Crippen LogP contribution is -2.24. The first-order chi connectivity index (χ1) is 7.54. The number of aliphatic hydroxyl groups is 1. The fourth-order valence-corrected chi connectivity index (χ4v) is 1.40. The van der Waals surface area contributed by atoms with Gasteiger partial charge in [-0.2, -0.15) is 0 Å². The minimum Gasteiger partial charge on any atom is -0.467 e. The van der Waals surface area contributed by atoms with E-state index >= 15 is 0 Å². The largest absolute Gasteiger partial charge is 0.467 e. The number of ether oxygens (including phenoxy) is 1. The van der Waals surface area contributed by atoms with E-state index in [4.69, 9.17) is 0 Å². The third-order valence-electron chi connectivity index (χ3n) is 2.33. The van der Waals surface area contributed by atoms with Crippen molar-refractivity contribution in [1.29, 1.82) is 0 Å². The van der Waals surface area contributed by atoms with Gasteiger partial charge in [-0.15, -0.1) is 0 Å². The van der Waals surface area contributed by atoms with Crippen LogP contribution in [0.1, 0.15) is 5.56 Å². The Balaban J connectivity index is 2.74. The highest BCUT2D eigenvalue weighted by atomic mass is 16.5. The minimum absolute atomic E-state index is 0.272. The molecular weight excluding hydrogens is 206 g/mol. The zero-order valence-electron chi connectivity index (χ0n) is 9.80. The number of nitrogens with zero attached hydrogens (tertiary/aromatic N) is 1. The smallest absolute Gasteiger partial charge is 0.335 e. The summed E-state index contributed by atoms with van der Waals surface area (Å²) >= 11 is 0. The highest BCUT2D eigenvalue weighted by Gasteiger charge is 2.15. The lowest BCUT2D eigenvalue weighted by Gasteiger charge is -2.14. The second-order valence-electron chi connectivity index (χ2n) is 3.81. The number of carbonyl (C=O) groups excluding carboxylic acids is 1. The Morgan fingerprint density at radius 3 is 2.75 bits per heavy atom. The Morgan fingerprint density at radius 1 is 1.50 bits per heavy atom. The average molecular weight is 223 g/mol. The van der Waals surface area contributed by atoms with Crippen LogP contribution in [0.25, 0.3) is 0 Å². The molecule has 1 aromatic rings. The summed E-state index contributed by atoms with van der Waals surface area (Å²) in [5, 5.41) is 9.51. The van der Waals surface area contributed by atoms with Crippen molar-refractivity contribution in [1.82, 2.24) is 0 Å². The molecule has 0 spiro atoms. The first-order valence-corrected chi connectivity index (χ1v) is 5.06. The number of rotatable bonds is 4. The van der Waals surface area contributed by atoms with Crippen molar-refractivity contribution in [2.45, 2.75) is 12.5 Å². The summed E-state index contributed by atoms with van der Waals surface area (Å²) < 4.78 is 4.46. The molecule has 0 amide bonds. The molecule has 0 radical (unpaired) electrons. The molecule has 0 saturated carbocycles. The molecule has 0 aliphatic carbocycles. The molecule has 0 saturated heterocycles. The maximum atomic E-state index is 11.1. The second-order valence-corrected chi connectivity index (χ2v) is 3.81. The van der Waals surface area contributed by atoms with E-state index in [-0.39, 0.29) is 6.42 Å². The van der Waals surface area contributed by atoms with E-state index in [0.717, 1.165) is 11.3 Å². The molecule has 1 unspecified atom stereocenters. The van der Waals surface area contributed by atoms with Crippen LogP contribution in [0.15, 0.2) is 24.3 Å². The van der Waals surface area contributed by atoms with Gasteiger partial charge < -0.3 is 14.7 Å². The van der Waals surface area contributed by atoms with Crippen molar-refractivity contribution >= 4 is 11.7 Å². The summed E-state index contributed by atoms with van der Waals surface area (Å²) in [7, 11) is 5.15. The molecule has 1 atom stereocenters. The van der Waals surface area contributed by atoms with E-state index in [9.17, 15) is 9.90 Å². The predicted octanol–water partition coefficient (Wildman–Crippen LogP) is 0.829. The topological polar surface area (TPSA) is 49.8 Å². The molecule has 0 aromatic heterocycles. The van der Waals surface area contributed by atoms with Crippen LogP contribution in [-0.4, -0.2) is 38.4 Å². The van der Waals surface area contributed by atoms with Crippen LogP contribution in [0.2, 0.25) is 0 Å². The lowest BCUT2D eigenvalue weighted by atomic mass is 10.1. The Morgan fingerprint density at radius 2 is 2.19 bits per heavy atom. The first-order valence-electron chi connectivity index (χ1n) is 5.06. The molecule has 0 bridgehead atoms. The highest BCUT2D eigenvalue weighted by molar-refractivity contribution is 5.74. The zero-order chi connectivity index (χ0) is 12.1. The Labute approximate surface area is 95.5 Å². The molecule has 1 N–H and O–H groups in total. The van der Waals surface area contributed by atoms with Crippen LogP contribution in [0, 0.1) is 0 Å². The molecule has 16 heavy (non-hydrogen) atoms. The van der Waals surface area contributed by atoms with Gasteiger partial charge in [-0.3, -0.25) is 0 Å². The fraction of sp³-hybridized carbons (Fsp3) is 0.417. The summed E-state index contributed by atoms with van der Waals surface area (Å²) in [6, 6.07) is 7.67. The van der Waals surface area contributed by atoms with Crippen molar-refractivity contribution in [2.75, 3.05) is 26.1 Å². The molecule has 0 aliphatic rings. The normalized spacial score (nSPS) is 12.0. The van der Waals surface area contributed by atoms with Gasteiger partial charge in [0.15, 0.2) is 6.10 Å². The molecule has 4 nitrogen and oxygen atoms in total. The second kappa shape index (κ2) is 5.51. The molecule has 1 rings (SSSR count). The Hall–Kier alpha value is -1.55. The van der Waals surface area contributed by atoms with Gasteiger partial charge in [0.2, 0.25) is 0 Å². The lowest BCUT2D eigenvalue weighted by molar-refractivity contribution is -0.150. The monoisotopic (exact) mass is 223 g/mol. The predicted molar refractivity (Wildman–Crippen MR) is 62.5 cm³/mol. The molecule has 1 aromatic carbocycles.